The molecule has 0 bridgehead atoms. The quantitative estimate of drug-likeness (QED) is 0.683. The molecule has 3 rings (SSSR count). The largest absolute Gasteiger partial charge is 0.392 e. The molecule has 1 fully saturated rings. The molecule has 3 atom stereocenters. The van der Waals surface area contributed by atoms with E-state index in [9.17, 15) is 15.3 Å². The van der Waals surface area contributed by atoms with Crippen molar-refractivity contribution in [3.8, 4) is 0 Å². The number of benzene rings is 2. The number of hydrogen-bond acceptors (Lipinski definition) is 4. The second-order valence-electron chi connectivity index (χ2n) is 7.92. The summed E-state index contributed by atoms with van der Waals surface area (Å²) in [5.41, 5.74) is 2.52. The molecule has 1 aliphatic rings. The van der Waals surface area contributed by atoms with Gasteiger partial charge in [0.1, 0.15) is 0 Å². The number of hydrogen-bond donors (Lipinski definition) is 3. The van der Waals surface area contributed by atoms with E-state index in [1.165, 1.54) is 32.1 Å². The number of likely N-dealkylation sites (tertiary alicyclic amines) is 1. The van der Waals surface area contributed by atoms with Crippen molar-refractivity contribution in [3.05, 3.63) is 71.3 Å². The van der Waals surface area contributed by atoms with Gasteiger partial charge in [-0.05, 0) is 42.6 Å². The zero-order valence-electron chi connectivity index (χ0n) is 16.6. The van der Waals surface area contributed by atoms with Crippen LogP contribution in [0.2, 0.25) is 0 Å². The zero-order valence-corrected chi connectivity index (χ0v) is 16.6. The number of nitrogens with zero attached hydrogens (tertiary/aromatic N) is 1. The van der Waals surface area contributed by atoms with Crippen molar-refractivity contribution < 1.29 is 15.3 Å². The van der Waals surface area contributed by atoms with E-state index in [0.717, 1.165) is 29.8 Å². The van der Waals surface area contributed by atoms with E-state index in [4.69, 9.17) is 0 Å². The Labute approximate surface area is 168 Å². The summed E-state index contributed by atoms with van der Waals surface area (Å²) in [6.07, 6.45) is 4.71. The first-order valence-corrected chi connectivity index (χ1v) is 10.5. The molecule has 2 aromatic carbocycles. The van der Waals surface area contributed by atoms with Crippen LogP contribution in [0.1, 0.15) is 60.8 Å². The van der Waals surface area contributed by atoms with E-state index in [2.05, 4.69) is 4.90 Å². The number of rotatable bonds is 7. The normalized spacial score (nSPS) is 19.4. The summed E-state index contributed by atoms with van der Waals surface area (Å²) in [5.74, 6) is -0.397. The molecule has 152 valence electrons. The zero-order chi connectivity index (χ0) is 19.8. The molecule has 1 aliphatic heterocycles. The topological polar surface area (TPSA) is 63.9 Å². The average Bonchev–Trinajstić information content (AvgIpc) is 2.71. The Morgan fingerprint density at radius 1 is 0.750 bits per heavy atom. The van der Waals surface area contributed by atoms with Gasteiger partial charge < -0.3 is 20.2 Å². The first-order valence-electron chi connectivity index (χ1n) is 10.5. The van der Waals surface area contributed by atoms with Crippen LogP contribution in [0.3, 0.4) is 0 Å². The third-order valence-corrected chi connectivity index (χ3v) is 5.84. The highest BCUT2D eigenvalue weighted by Crippen LogP contribution is 2.34. The maximum Gasteiger partial charge on any atom is 0.0883 e. The highest BCUT2D eigenvalue weighted by atomic mass is 16.3. The molecule has 4 nitrogen and oxygen atoms in total. The SMILES string of the molecule is OCc1ccc([C@H](O)[C@H](c2ccccc2)[C@H](O)CN2CCCCCCC2)cc1. The number of aliphatic hydroxyl groups is 3. The van der Waals surface area contributed by atoms with Gasteiger partial charge in [0.05, 0.1) is 18.8 Å². The van der Waals surface area contributed by atoms with Crippen molar-refractivity contribution in [1.82, 2.24) is 4.90 Å². The highest BCUT2D eigenvalue weighted by Gasteiger charge is 2.31. The molecule has 1 heterocycles. The Kier molecular flexibility index (Phi) is 8.04. The summed E-state index contributed by atoms with van der Waals surface area (Å²) in [5, 5.41) is 31.6. The van der Waals surface area contributed by atoms with Crippen LogP contribution in [0.25, 0.3) is 0 Å². The van der Waals surface area contributed by atoms with Gasteiger partial charge >= 0.3 is 0 Å². The standard InChI is InChI=1S/C24H33NO3/c26-18-19-11-13-21(14-12-19)24(28)23(20-9-5-4-6-10-20)22(27)17-25-15-7-2-1-3-8-16-25/h4-6,9-14,22-24,26-28H,1-3,7-8,15-18H2/t22-,23-,24+/m1/s1. The fraction of sp³-hybridized carbons (Fsp3) is 0.500. The second-order valence-corrected chi connectivity index (χ2v) is 7.92. The fourth-order valence-electron chi connectivity index (χ4n) is 4.19. The van der Waals surface area contributed by atoms with Gasteiger partial charge in [-0.1, -0.05) is 73.9 Å². The predicted octanol–water partition coefficient (Wildman–Crippen LogP) is 3.62. The van der Waals surface area contributed by atoms with Crippen LogP contribution in [-0.4, -0.2) is 46.0 Å². The smallest absolute Gasteiger partial charge is 0.0883 e. The summed E-state index contributed by atoms with van der Waals surface area (Å²) >= 11 is 0. The Morgan fingerprint density at radius 2 is 1.36 bits per heavy atom. The van der Waals surface area contributed by atoms with Crippen molar-refractivity contribution in [2.45, 2.75) is 56.8 Å². The molecule has 3 N–H and O–H groups in total. The van der Waals surface area contributed by atoms with Crippen molar-refractivity contribution in [2.24, 2.45) is 0 Å². The summed E-state index contributed by atoms with van der Waals surface area (Å²) in [6, 6.07) is 17.1. The molecule has 2 aromatic rings. The number of aliphatic hydroxyl groups excluding tert-OH is 3. The van der Waals surface area contributed by atoms with Crippen LogP contribution < -0.4 is 0 Å². The lowest BCUT2D eigenvalue weighted by Gasteiger charge is -2.33. The van der Waals surface area contributed by atoms with Gasteiger partial charge in [0, 0.05) is 12.5 Å². The fourth-order valence-corrected chi connectivity index (χ4v) is 4.19. The Hall–Kier alpha value is -1.72. The maximum atomic E-state index is 11.2. The van der Waals surface area contributed by atoms with Crippen LogP contribution in [-0.2, 0) is 6.61 Å². The van der Waals surface area contributed by atoms with E-state index < -0.39 is 18.1 Å². The lowest BCUT2D eigenvalue weighted by Crippen LogP contribution is -2.39. The van der Waals surface area contributed by atoms with Gasteiger partial charge in [-0.15, -0.1) is 0 Å². The van der Waals surface area contributed by atoms with Crippen LogP contribution in [0.15, 0.2) is 54.6 Å². The van der Waals surface area contributed by atoms with Crippen molar-refractivity contribution in [3.63, 3.8) is 0 Å². The summed E-state index contributed by atoms with van der Waals surface area (Å²) < 4.78 is 0. The lowest BCUT2D eigenvalue weighted by molar-refractivity contribution is 0.0275. The van der Waals surface area contributed by atoms with E-state index >= 15 is 0 Å². The van der Waals surface area contributed by atoms with E-state index in [-0.39, 0.29) is 6.61 Å². The summed E-state index contributed by atoms with van der Waals surface area (Å²) in [4.78, 5) is 2.35. The van der Waals surface area contributed by atoms with E-state index in [1.54, 1.807) is 0 Å². The van der Waals surface area contributed by atoms with Crippen LogP contribution in [0.5, 0.6) is 0 Å². The first kappa shape index (κ1) is 21.0. The molecule has 0 spiro atoms. The Balaban J connectivity index is 1.79. The Morgan fingerprint density at radius 3 is 1.96 bits per heavy atom. The molecule has 0 aromatic heterocycles. The van der Waals surface area contributed by atoms with Crippen LogP contribution in [0.4, 0.5) is 0 Å². The second kappa shape index (κ2) is 10.7. The first-order chi connectivity index (χ1) is 13.7. The minimum Gasteiger partial charge on any atom is -0.392 e. The van der Waals surface area contributed by atoms with Gasteiger partial charge in [0.25, 0.3) is 0 Å². The maximum absolute atomic E-state index is 11.2. The average molecular weight is 384 g/mol. The third kappa shape index (κ3) is 5.65. The molecule has 0 saturated carbocycles. The molecule has 0 unspecified atom stereocenters. The predicted molar refractivity (Wildman–Crippen MR) is 112 cm³/mol. The van der Waals surface area contributed by atoms with Gasteiger partial charge in [-0.2, -0.15) is 0 Å². The van der Waals surface area contributed by atoms with Crippen molar-refractivity contribution in [1.29, 1.82) is 0 Å². The van der Waals surface area contributed by atoms with Gasteiger partial charge in [-0.3, -0.25) is 0 Å². The summed E-state index contributed by atoms with van der Waals surface area (Å²) in [7, 11) is 0. The van der Waals surface area contributed by atoms with Gasteiger partial charge in [0.2, 0.25) is 0 Å². The van der Waals surface area contributed by atoms with Crippen LogP contribution in [0, 0.1) is 0 Å². The van der Waals surface area contributed by atoms with Gasteiger partial charge in [-0.25, -0.2) is 0 Å². The molecule has 28 heavy (non-hydrogen) atoms. The highest BCUT2D eigenvalue weighted by molar-refractivity contribution is 5.30. The molecule has 0 amide bonds. The summed E-state index contributed by atoms with van der Waals surface area (Å²) in [6.45, 7) is 2.58. The lowest BCUT2D eigenvalue weighted by atomic mass is 9.84. The molecule has 4 heteroatoms. The Bertz CT molecular complexity index is 681. The molecule has 1 saturated heterocycles. The minimum absolute atomic E-state index is 0.0178. The van der Waals surface area contributed by atoms with Gasteiger partial charge in [0.15, 0.2) is 0 Å². The van der Waals surface area contributed by atoms with Crippen LogP contribution >= 0.6 is 0 Å². The monoisotopic (exact) mass is 383 g/mol. The molecule has 0 aliphatic carbocycles. The number of β-amino-alcohol motifs (C(OH)–C–C–N with tert-alkyl or cyclic N) is 1. The molecular formula is C24H33NO3. The van der Waals surface area contributed by atoms with E-state index in [1.807, 2.05) is 54.6 Å². The minimum atomic E-state index is -0.806. The van der Waals surface area contributed by atoms with E-state index in [0.29, 0.717) is 6.54 Å². The molecule has 0 radical (unpaired) electrons. The van der Waals surface area contributed by atoms with Crippen molar-refractivity contribution >= 4 is 0 Å². The van der Waals surface area contributed by atoms with Crippen molar-refractivity contribution in [2.75, 3.05) is 19.6 Å². The molecular weight excluding hydrogens is 350 g/mol. The third-order valence-electron chi connectivity index (χ3n) is 5.84.